The third kappa shape index (κ3) is 4.79. The van der Waals surface area contributed by atoms with Gasteiger partial charge in [0, 0.05) is 40.6 Å². The van der Waals surface area contributed by atoms with E-state index in [4.69, 9.17) is 18.9 Å². The Balaban J connectivity index is 1.41. The van der Waals surface area contributed by atoms with Gasteiger partial charge in [-0.05, 0) is 73.2 Å². The third-order valence-electron chi connectivity index (χ3n) is 8.07. The number of para-hydroxylation sites is 1. The van der Waals surface area contributed by atoms with E-state index in [0.29, 0.717) is 52.7 Å². The second-order valence-corrected chi connectivity index (χ2v) is 10.5. The van der Waals surface area contributed by atoms with Gasteiger partial charge in [-0.15, -0.1) is 0 Å². The van der Waals surface area contributed by atoms with Gasteiger partial charge >= 0.3 is 0 Å². The first-order valence-corrected chi connectivity index (χ1v) is 13.6. The molecule has 6 rings (SSSR count). The number of ketones is 1. The number of allylic oxidation sites excluding steroid dienone is 3. The molecule has 41 heavy (non-hydrogen) atoms. The molecular weight excluding hydrogens is 520 g/mol. The monoisotopic (exact) mass is 552 g/mol. The number of benzene rings is 3. The predicted octanol–water partition coefficient (Wildman–Crippen LogP) is 5.74. The SMILES string of the molecule is COc1ccc([C@@H]2CC(=O)C3=C(C2)NC(C)=C(C(=O)Nc2ccccc2C)[C@H]3c2ccc3c(c2)OCO3)cc1OC. The van der Waals surface area contributed by atoms with Crippen LogP contribution in [0, 0.1) is 6.92 Å². The number of ether oxygens (including phenoxy) is 4. The molecule has 0 bridgehead atoms. The lowest BCUT2D eigenvalue weighted by molar-refractivity contribution is -0.116. The van der Waals surface area contributed by atoms with Crippen molar-refractivity contribution in [2.45, 2.75) is 38.5 Å². The minimum Gasteiger partial charge on any atom is -0.493 e. The quantitative estimate of drug-likeness (QED) is 0.403. The molecule has 0 spiro atoms. The number of hydrogen-bond acceptors (Lipinski definition) is 7. The van der Waals surface area contributed by atoms with Gasteiger partial charge in [-0.25, -0.2) is 0 Å². The van der Waals surface area contributed by atoms with Gasteiger partial charge in [0.1, 0.15) is 0 Å². The van der Waals surface area contributed by atoms with Crippen LogP contribution < -0.4 is 29.6 Å². The number of carbonyl (C=O) groups excluding carboxylic acids is 2. The molecule has 0 saturated carbocycles. The van der Waals surface area contributed by atoms with Gasteiger partial charge in [0.2, 0.25) is 6.79 Å². The van der Waals surface area contributed by atoms with Crippen molar-refractivity contribution >= 4 is 17.4 Å². The molecule has 3 aliphatic rings. The summed E-state index contributed by atoms with van der Waals surface area (Å²) in [5.41, 5.74) is 6.13. The predicted molar refractivity (Wildman–Crippen MR) is 155 cm³/mol. The van der Waals surface area contributed by atoms with Crippen molar-refractivity contribution < 1.29 is 28.5 Å². The van der Waals surface area contributed by atoms with Crippen molar-refractivity contribution in [3.8, 4) is 23.0 Å². The second kappa shape index (κ2) is 10.7. The normalized spacial score (nSPS) is 19.5. The minimum atomic E-state index is -0.566. The van der Waals surface area contributed by atoms with Gasteiger partial charge in [-0.2, -0.15) is 0 Å². The third-order valence-corrected chi connectivity index (χ3v) is 8.07. The fourth-order valence-corrected chi connectivity index (χ4v) is 6.01. The maximum atomic E-state index is 14.0. The Morgan fingerprint density at radius 1 is 0.902 bits per heavy atom. The van der Waals surface area contributed by atoms with E-state index in [1.54, 1.807) is 14.2 Å². The van der Waals surface area contributed by atoms with Gasteiger partial charge in [0.25, 0.3) is 5.91 Å². The van der Waals surface area contributed by atoms with E-state index in [1.165, 1.54) is 0 Å². The number of Topliss-reactive ketones (excluding diaryl/α,β-unsaturated/α-hetero) is 1. The molecule has 2 atom stereocenters. The summed E-state index contributed by atoms with van der Waals surface area (Å²) in [7, 11) is 3.20. The first-order valence-electron chi connectivity index (χ1n) is 13.6. The highest BCUT2D eigenvalue weighted by Gasteiger charge is 2.41. The Kier molecular flexibility index (Phi) is 6.91. The number of fused-ring (bicyclic) bond motifs is 1. The van der Waals surface area contributed by atoms with E-state index < -0.39 is 5.92 Å². The number of aryl methyl sites for hydroxylation is 1. The van der Waals surface area contributed by atoms with Crippen LogP contribution in [0.5, 0.6) is 23.0 Å². The van der Waals surface area contributed by atoms with Crippen molar-refractivity contribution in [2.24, 2.45) is 0 Å². The molecule has 210 valence electrons. The Morgan fingerprint density at radius 3 is 2.44 bits per heavy atom. The zero-order valence-corrected chi connectivity index (χ0v) is 23.5. The highest BCUT2D eigenvalue weighted by molar-refractivity contribution is 6.10. The molecule has 0 unspecified atom stereocenters. The first-order chi connectivity index (χ1) is 19.9. The molecule has 0 radical (unpaired) electrons. The summed E-state index contributed by atoms with van der Waals surface area (Å²) < 4.78 is 22.1. The second-order valence-electron chi connectivity index (χ2n) is 10.5. The van der Waals surface area contributed by atoms with E-state index in [1.807, 2.05) is 74.5 Å². The van der Waals surface area contributed by atoms with E-state index in [2.05, 4.69) is 10.6 Å². The molecule has 2 heterocycles. The summed E-state index contributed by atoms with van der Waals surface area (Å²) in [5, 5.41) is 6.53. The van der Waals surface area contributed by atoms with Crippen molar-refractivity contribution in [3.05, 3.63) is 99.9 Å². The van der Waals surface area contributed by atoms with Crippen LogP contribution in [-0.2, 0) is 9.59 Å². The molecule has 0 aromatic heterocycles. The molecule has 3 aromatic rings. The molecule has 2 N–H and O–H groups in total. The van der Waals surface area contributed by atoms with Crippen LogP contribution in [-0.4, -0.2) is 32.7 Å². The molecule has 0 fully saturated rings. The molecular formula is C33H32N2O6. The summed E-state index contributed by atoms with van der Waals surface area (Å²) in [6.07, 6.45) is 0.921. The summed E-state index contributed by atoms with van der Waals surface area (Å²) in [5.74, 6) is 1.63. The van der Waals surface area contributed by atoms with Gasteiger partial charge in [0.05, 0.1) is 14.2 Å². The number of anilines is 1. The van der Waals surface area contributed by atoms with Gasteiger partial charge < -0.3 is 29.6 Å². The molecule has 1 amide bonds. The first kappa shape index (κ1) is 26.5. The number of dihydropyridines is 1. The fraction of sp³-hybridized carbons (Fsp3) is 0.273. The topological polar surface area (TPSA) is 95.1 Å². The Bertz CT molecular complexity index is 1620. The van der Waals surface area contributed by atoms with Crippen LogP contribution in [0.1, 0.15) is 48.3 Å². The van der Waals surface area contributed by atoms with Crippen LogP contribution in [0.4, 0.5) is 5.69 Å². The Labute approximate surface area is 238 Å². The molecule has 0 saturated heterocycles. The summed E-state index contributed by atoms with van der Waals surface area (Å²) in [4.78, 5) is 28.0. The van der Waals surface area contributed by atoms with Crippen molar-refractivity contribution in [3.63, 3.8) is 0 Å². The van der Waals surface area contributed by atoms with Crippen LogP contribution in [0.2, 0.25) is 0 Å². The van der Waals surface area contributed by atoms with Crippen LogP contribution in [0.15, 0.2) is 83.2 Å². The number of methoxy groups -OCH3 is 2. The van der Waals surface area contributed by atoms with Crippen molar-refractivity contribution in [2.75, 3.05) is 26.3 Å². The number of rotatable bonds is 6. The van der Waals surface area contributed by atoms with Gasteiger partial charge in [-0.3, -0.25) is 9.59 Å². The average Bonchev–Trinajstić information content (AvgIpc) is 3.45. The number of nitrogens with one attached hydrogen (secondary N) is 2. The lowest BCUT2D eigenvalue weighted by atomic mass is 9.71. The maximum Gasteiger partial charge on any atom is 0.254 e. The van der Waals surface area contributed by atoms with E-state index in [0.717, 1.165) is 28.1 Å². The Hall–Kier alpha value is -4.72. The maximum absolute atomic E-state index is 14.0. The highest BCUT2D eigenvalue weighted by Crippen LogP contribution is 2.48. The van der Waals surface area contributed by atoms with E-state index in [9.17, 15) is 9.59 Å². The largest absolute Gasteiger partial charge is 0.493 e. The number of amides is 1. The number of carbonyl (C=O) groups is 2. The number of hydrogen-bond donors (Lipinski definition) is 2. The lowest BCUT2D eigenvalue weighted by Gasteiger charge is -2.37. The molecule has 1 aliphatic carbocycles. The minimum absolute atomic E-state index is 0.00473. The Morgan fingerprint density at radius 2 is 1.66 bits per heavy atom. The van der Waals surface area contributed by atoms with Crippen molar-refractivity contribution in [1.29, 1.82) is 0 Å². The molecule has 3 aromatic carbocycles. The standard InChI is InChI=1S/C33H32N2O6/c1-18-7-5-6-8-23(18)35-33(37)30-19(2)34-24-13-22(20-9-11-26(38-3)28(15-20)39-4)14-25(36)32(24)31(30)21-10-12-27-29(16-21)41-17-40-27/h5-12,15-16,22,31,34H,13-14,17H2,1-4H3,(H,35,37)/t22-,31+/m0/s1. The van der Waals surface area contributed by atoms with Crippen LogP contribution >= 0.6 is 0 Å². The average molecular weight is 553 g/mol. The molecule has 8 heteroatoms. The molecule has 2 aliphatic heterocycles. The van der Waals surface area contributed by atoms with Crippen LogP contribution in [0.25, 0.3) is 0 Å². The van der Waals surface area contributed by atoms with Crippen LogP contribution in [0.3, 0.4) is 0 Å². The summed E-state index contributed by atoms with van der Waals surface area (Å²) in [6.45, 7) is 3.98. The van der Waals surface area contributed by atoms with E-state index >= 15 is 0 Å². The van der Waals surface area contributed by atoms with Crippen molar-refractivity contribution in [1.82, 2.24) is 5.32 Å². The zero-order chi connectivity index (χ0) is 28.7. The van der Waals surface area contributed by atoms with Gasteiger partial charge in [0.15, 0.2) is 28.8 Å². The van der Waals surface area contributed by atoms with E-state index in [-0.39, 0.29) is 24.4 Å². The zero-order valence-electron chi connectivity index (χ0n) is 23.5. The highest BCUT2D eigenvalue weighted by atomic mass is 16.7. The summed E-state index contributed by atoms with van der Waals surface area (Å²) in [6, 6.07) is 19.1. The smallest absolute Gasteiger partial charge is 0.254 e. The van der Waals surface area contributed by atoms with Gasteiger partial charge in [-0.1, -0.05) is 30.3 Å². The molecule has 8 nitrogen and oxygen atoms in total. The summed E-state index contributed by atoms with van der Waals surface area (Å²) >= 11 is 0. The lowest BCUT2D eigenvalue weighted by Crippen LogP contribution is -2.37. The fourth-order valence-electron chi connectivity index (χ4n) is 6.01.